The second-order valence-electron chi connectivity index (χ2n) is 3.14. The van der Waals surface area contributed by atoms with Crippen LogP contribution in [0.2, 0.25) is 0 Å². The van der Waals surface area contributed by atoms with E-state index in [2.05, 4.69) is 27.3 Å². The van der Waals surface area contributed by atoms with Crippen LogP contribution < -0.4 is 11.3 Å². The van der Waals surface area contributed by atoms with Crippen LogP contribution in [0.1, 0.15) is 24.4 Å². The van der Waals surface area contributed by atoms with Crippen LogP contribution in [0.5, 0.6) is 0 Å². The summed E-state index contributed by atoms with van der Waals surface area (Å²) in [5.74, 6) is 7.61. The van der Waals surface area contributed by atoms with Crippen LogP contribution in [0.3, 0.4) is 0 Å². The van der Waals surface area contributed by atoms with E-state index in [9.17, 15) is 4.39 Å². The average molecular weight is 271 g/mol. The van der Waals surface area contributed by atoms with Gasteiger partial charge in [-0.15, -0.1) is 12.3 Å². The molecule has 0 aliphatic rings. The van der Waals surface area contributed by atoms with E-state index in [4.69, 9.17) is 12.3 Å². The maximum atomic E-state index is 13.2. The summed E-state index contributed by atoms with van der Waals surface area (Å²) in [4.78, 5) is 0. The topological polar surface area (TPSA) is 38.0 Å². The van der Waals surface area contributed by atoms with Gasteiger partial charge in [0.15, 0.2) is 0 Å². The van der Waals surface area contributed by atoms with Crippen LogP contribution in [-0.4, -0.2) is 0 Å². The van der Waals surface area contributed by atoms with Crippen molar-refractivity contribution in [1.82, 2.24) is 5.43 Å². The molecule has 0 fully saturated rings. The van der Waals surface area contributed by atoms with Crippen molar-refractivity contribution in [2.24, 2.45) is 5.84 Å². The van der Waals surface area contributed by atoms with Crippen molar-refractivity contribution in [3.8, 4) is 12.3 Å². The zero-order valence-electron chi connectivity index (χ0n) is 8.13. The van der Waals surface area contributed by atoms with Crippen molar-refractivity contribution >= 4 is 15.9 Å². The molecule has 0 aliphatic heterocycles. The smallest absolute Gasteiger partial charge is 0.137 e. The molecule has 0 bridgehead atoms. The summed E-state index contributed by atoms with van der Waals surface area (Å²) in [7, 11) is 0. The lowest BCUT2D eigenvalue weighted by Crippen LogP contribution is -2.28. The minimum Gasteiger partial charge on any atom is -0.271 e. The first-order valence-electron chi connectivity index (χ1n) is 4.53. The van der Waals surface area contributed by atoms with E-state index in [1.54, 1.807) is 6.07 Å². The lowest BCUT2D eigenvalue weighted by Gasteiger charge is -2.15. The molecule has 0 heterocycles. The number of nitrogens with two attached hydrogens (primary N) is 1. The summed E-state index contributed by atoms with van der Waals surface area (Å²) in [6.07, 6.45) is 6.46. The van der Waals surface area contributed by atoms with Gasteiger partial charge in [0.1, 0.15) is 5.82 Å². The van der Waals surface area contributed by atoms with Crippen molar-refractivity contribution in [1.29, 1.82) is 0 Å². The Bertz CT molecular complexity index is 373. The number of hydrazine groups is 1. The number of hydrogen-bond acceptors (Lipinski definition) is 2. The summed E-state index contributed by atoms with van der Waals surface area (Å²) in [6.45, 7) is 0. The van der Waals surface area contributed by atoms with Crippen LogP contribution in [0.25, 0.3) is 0 Å². The predicted octanol–water partition coefficient (Wildman–Crippen LogP) is 2.51. The van der Waals surface area contributed by atoms with E-state index < -0.39 is 0 Å². The third-order valence-electron chi connectivity index (χ3n) is 2.12. The molecule has 0 saturated carbocycles. The number of halogens is 2. The molecule has 0 saturated heterocycles. The molecular weight excluding hydrogens is 259 g/mol. The predicted molar refractivity (Wildman–Crippen MR) is 62.2 cm³/mol. The van der Waals surface area contributed by atoms with Crippen molar-refractivity contribution in [2.75, 3.05) is 0 Å². The first-order chi connectivity index (χ1) is 7.19. The van der Waals surface area contributed by atoms with Gasteiger partial charge in [-0.1, -0.05) is 6.07 Å². The molecule has 1 aromatic carbocycles. The van der Waals surface area contributed by atoms with Crippen molar-refractivity contribution in [3.63, 3.8) is 0 Å². The quantitative estimate of drug-likeness (QED) is 0.501. The summed E-state index contributed by atoms with van der Waals surface area (Å²) in [6, 6.07) is 4.81. The van der Waals surface area contributed by atoms with E-state index in [0.717, 1.165) is 5.56 Å². The Morgan fingerprint density at radius 2 is 2.33 bits per heavy atom. The molecule has 15 heavy (non-hydrogen) atoms. The first-order valence-corrected chi connectivity index (χ1v) is 5.33. The van der Waals surface area contributed by atoms with E-state index in [-0.39, 0.29) is 11.9 Å². The largest absolute Gasteiger partial charge is 0.271 e. The molecule has 0 amide bonds. The van der Waals surface area contributed by atoms with Gasteiger partial charge in [-0.3, -0.25) is 11.3 Å². The lowest BCUT2D eigenvalue weighted by atomic mass is 10.0. The molecule has 4 heteroatoms. The Morgan fingerprint density at radius 3 is 2.87 bits per heavy atom. The Morgan fingerprint density at radius 1 is 1.60 bits per heavy atom. The molecule has 80 valence electrons. The van der Waals surface area contributed by atoms with Crippen molar-refractivity contribution in [2.45, 2.75) is 18.9 Å². The summed E-state index contributed by atoms with van der Waals surface area (Å²) in [5.41, 5.74) is 3.42. The molecule has 0 aliphatic carbocycles. The van der Waals surface area contributed by atoms with E-state index in [1.165, 1.54) is 6.07 Å². The molecule has 1 aromatic rings. The standard InChI is InChI=1S/C11H12BrFN2/c1-2-3-4-11(15-14)8-5-6-9(12)10(13)7-8/h1,5-7,11,15H,3-4,14H2. The molecular formula is C11H12BrFN2. The highest BCUT2D eigenvalue weighted by molar-refractivity contribution is 9.10. The highest BCUT2D eigenvalue weighted by atomic mass is 79.9. The molecule has 2 nitrogen and oxygen atoms in total. The molecule has 0 radical (unpaired) electrons. The monoisotopic (exact) mass is 270 g/mol. The third kappa shape index (κ3) is 3.31. The molecule has 1 rings (SSSR count). The van der Waals surface area contributed by atoms with Gasteiger partial charge < -0.3 is 0 Å². The van der Waals surface area contributed by atoms with Gasteiger partial charge in [0, 0.05) is 12.5 Å². The number of rotatable bonds is 4. The fourth-order valence-corrected chi connectivity index (χ4v) is 1.55. The zero-order chi connectivity index (χ0) is 11.3. The minimum absolute atomic E-state index is 0.108. The average Bonchev–Trinajstić information content (AvgIpc) is 2.24. The number of benzene rings is 1. The summed E-state index contributed by atoms with van der Waals surface area (Å²) < 4.78 is 13.7. The normalized spacial score (nSPS) is 12.1. The zero-order valence-corrected chi connectivity index (χ0v) is 9.72. The minimum atomic E-state index is -0.298. The molecule has 1 unspecified atom stereocenters. The number of terminal acetylenes is 1. The van der Waals surface area contributed by atoms with Gasteiger partial charge in [-0.05, 0) is 40.0 Å². The molecule has 1 atom stereocenters. The van der Waals surface area contributed by atoms with Gasteiger partial charge in [0.2, 0.25) is 0 Å². The van der Waals surface area contributed by atoms with Gasteiger partial charge in [-0.25, -0.2) is 4.39 Å². The van der Waals surface area contributed by atoms with E-state index in [1.807, 2.05) is 6.07 Å². The Balaban J connectivity index is 2.83. The SMILES string of the molecule is C#CCCC(NN)c1ccc(Br)c(F)c1. The van der Waals surface area contributed by atoms with E-state index in [0.29, 0.717) is 17.3 Å². The number of nitrogens with one attached hydrogen (secondary N) is 1. The van der Waals surface area contributed by atoms with Crippen LogP contribution in [0, 0.1) is 18.2 Å². The van der Waals surface area contributed by atoms with Crippen LogP contribution in [-0.2, 0) is 0 Å². The number of hydrogen-bond donors (Lipinski definition) is 2. The fourth-order valence-electron chi connectivity index (χ4n) is 1.30. The molecule has 0 aromatic heterocycles. The van der Waals surface area contributed by atoms with Crippen molar-refractivity contribution < 1.29 is 4.39 Å². The van der Waals surface area contributed by atoms with Crippen LogP contribution in [0.15, 0.2) is 22.7 Å². The van der Waals surface area contributed by atoms with Gasteiger partial charge >= 0.3 is 0 Å². The fraction of sp³-hybridized carbons (Fsp3) is 0.273. The highest BCUT2D eigenvalue weighted by Crippen LogP contribution is 2.22. The lowest BCUT2D eigenvalue weighted by molar-refractivity contribution is 0.518. The second-order valence-corrected chi connectivity index (χ2v) is 3.99. The van der Waals surface area contributed by atoms with Crippen molar-refractivity contribution in [3.05, 3.63) is 34.1 Å². The Labute approximate surface area is 97.1 Å². The van der Waals surface area contributed by atoms with Gasteiger partial charge in [0.05, 0.1) is 4.47 Å². The molecule has 0 spiro atoms. The third-order valence-corrected chi connectivity index (χ3v) is 2.77. The van der Waals surface area contributed by atoms with Gasteiger partial charge in [-0.2, -0.15) is 0 Å². The maximum Gasteiger partial charge on any atom is 0.137 e. The highest BCUT2D eigenvalue weighted by Gasteiger charge is 2.10. The summed E-state index contributed by atoms with van der Waals surface area (Å²) in [5, 5.41) is 0. The Kier molecular flexibility index (Phi) is 4.76. The van der Waals surface area contributed by atoms with E-state index >= 15 is 0 Å². The maximum absolute atomic E-state index is 13.2. The molecule has 3 N–H and O–H groups in total. The van der Waals surface area contributed by atoms with Crippen LogP contribution in [0.4, 0.5) is 4.39 Å². The first kappa shape index (κ1) is 12.2. The second kappa shape index (κ2) is 5.86. The Hall–Kier alpha value is -0.890. The summed E-state index contributed by atoms with van der Waals surface area (Å²) >= 11 is 3.09. The van der Waals surface area contributed by atoms with Gasteiger partial charge in [0.25, 0.3) is 0 Å². The van der Waals surface area contributed by atoms with Crippen LogP contribution >= 0.6 is 15.9 Å².